The highest BCUT2D eigenvalue weighted by Gasteiger charge is 2.39. The Morgan fingerprint density at radius 3 is 2.50 bits per heavy atom. The van der Waals surface area contributed by atoms with Gasteiger partial charge in [0.1, 0.15) is 16.2 Å². The SMILES string of the molecule is CCC1(CC)C[C@@H](NC(=O)c2ccc(Cl)c(S(=O)(=O)Nc3cc(C)ccc3C)c2)c2ccccc2O1. The lowest BCUT2D eigenvalue weighted by Crippen LogP contribution is -2.44. The van der Waals surface area contributed by atoms with Crippen LogP contribution in [0.15, 0.2) is 65.6 Å². The zero-order chi connectivity index (χ0) is 26.1. The van der Waals surface area contributed by atoms with Gasteiger partial charge < -0.3 is 10.1 Å². The van der Waals surface area contributed by atoms with Gasteiger partial charge in [0.15, 0.2) is 0 Å². The van der Waals surface area contributed by atoms with E-state index in [0.717, 1.165) is 35.3 Å². The largest absolute Gasteiger partial charge is 0.487 e. The molecule has 0 saturated heterocycles. The number of nitrogens with one attached hydrogen (secondary N) is 2. The maximum absolute atomic E-state index is 13.3. The number of sulfonamides is 1. The molecular formula is C28H31ClN2O4S. The summed E-state index contributed by atoms with van der Waals surface area (Å²) in [5.41, 5.74) is 2.91. The maximum atomic E-state index is 13.3. The van der Waals surface area contributed by atoms with Crippen LogP contribution in [0.3, 0.4) is 0 Å². The standard InChI is InChI=1S/C28H31ClN2O4S/c1-5-28(6-2)17-24(21-9-7-8-10-25(21)35-28)30-27(32)20-13-14-22(29)26(16-20)36(33,34)31-23-15-18(3)11-12-19(23)4/h7-16,24,31H,5-6,17H2,1-4H3,(H,30,32)/t24-/m1/s1. The number of hydrogen-bond donors (Lipinski definition) is 2. The van der Waals surface area contributed by atoms with Crippen LogP contribution in [-0.2, 0) is 10.0 Å². The molecule has 190 valence electrons. The molecule has 4 rings (SSSR count). The second-order valence-corrected chi connectivity index (χ2v) is 11.4. The molecule has 8 heteroatoms. The molecule has 6 nitrogen and oxygen atoms in total. The molecule has 2 N–H and O–H groups in total. The first kappa shape index (κ1) is 26.0. The van der Waals surface area contributed by atoms with Gasteiger partial charge in [0.2, 0.25) is 0 Å². The molecule has 1 atom stereocenters. The summed E-state index contributed by atoms with van der Waals surface area (Å²) in [6.45, 7) is 7.86. The molecule has 0 radical (unpaired) electrons. The van der Waals surface area contributed by atoms with Crippen molar-refractivity contribution in [1.82, 2.24) is 5.32 Å². The number of amides is 1. The van der Waals surface area contributed by atoms with Gasteiger partial charge in [0.25, 0.3) is 15.9 Å². The highest BCUT2D eigenvalue weighted by molar-refractivity contribution is 7.92. The van der Waals surface area contributed by atoms with Crippen LogP contribution in [0.4, 0.5) is 5.69 Å². The first-order valence-electron chi connectivity index (χ1n) is 12.1. The number of para-hydroxylation sites is 1. The van der Waals surface area contributed by atoms with E-state index < -0.39 is 10.0 Å². The maximum Gasteiger partial charge on any atom is 0.263 e. The van der Waals surface area contributed by atoms with E-state index in [1.165, 1.54) is 18.2 Å². The van der Waals surface area contributed by atoms with Crippen molar-refractivity contribution >= 4 is 33.2 Å². The summed E-state index contributed by atoms with van der Waals surface area (Å²) in [4.78, 5) is 13.2. The molecule has 0 aromatic heterocycles. The molecule has 0 bridgehead atoms. The van der Waals surface area contributed by atoms with E-state index >= 15 is 0 Å². The van der Waals surface area contributed by atoms with Crippen LogP contribution < -0.4 is 14.8 Å². The molecule has 0 aliphatic carbocycles. The van der Waals surface area contributed by atoms with Gasteiger partial charge in [0, 0.05) is 17.5 Å². The third-order valence-corrected chi connectivity index (χ3v) is 8.76. The van der Waals surface area contributed by atoms with E-state index in [0.29, 0.717) is 12.1 Å². The first-order valence-corrected chi connectivity index (χ1v) is 13.9. The molecule has 0 fully saturated rings. The molecule has 0 spiro atoms. The molecule has 0 saturated carbocycles. The average molecular weight is 527 g/mol. The minimum atomic E-state index is -4.03. The Balaban J connectivity index is 1.63. The number of aryl methyl sites for hydroxylation is 2. The van der Waals surface area contributed by atoms with E-state index in [9.17, 15) is 13.2 Å². The highest BCUT2D eigenvalue weighted by Crippen LogP contribution is 2.42. The fraction of sp³-hybridized carbons (Fsp3) is 0.321. The lowest BCUT2D eigenvalue weighted by Gasteiger charge is -2.41. The Kier molecular flexibility index (Phi) is 7.34. The van der Waals surface area contributed by atoms with E-state index in [1.54, 1.807) is 6.07 Å². The summed E-state index contributed by atoms with van der Waals surface area (Å²) in [7, 11) is -4.03. The molecule has 36 heavy (non-hydrogen) atoms. The smallest absolute Gasteiger partial charge is 0.263 e. The van der Waals surface area contributed by atoms with Crippen molar-refractivity contribution < 1.29 is 17.9 Å². The van der Waals surface area contributed by atoms with E-state index in [1.807, 2.05) is 50.2 Å². The third kappa shape index (κ3) is 5.22. The van der Waals surface area contributed by atoms with Crippen molar-refractivity contribution in [3.8, 4) is 5.75 Å². The number of ether oxygens (including phenoxy) is 1. The van der Waals surface area contributed by atoms with Gasteiger partial charge >= 0.3 is 0 Å². The van der Waals surface area contributed by atoms with Crippen molar-refractivity contribution in [2.75, 3.05) is 4.72 Å². The first-order chi connectivity index (χ1) is 17.1. The Labute approximate surface area is 218 Å². The summed E-state index contributed by atoms with van der Waals surface area (Å²) >= 11 is 6.29. The third-order valence-electron chi connectivity index (χ3n) is 6.91. The quantitative estimate of drug-likeness (QED) is 0.364. The Bertz CT molecular complexity index is 1400. The van der Waals surface area contributed by atoms with Gasteiger partial charge in [0.05, 0.1) is 16.8 Å². The molecule has 1 heterocycles. The minimum absolute atomic E-state index is 0.0387. The van der Waals surface area contributed by atoms with Crippen LogP contribution in [0, 0.1) is 13.8 Å². The van der Waals surface area contributed by atoms with Crippen molar-refractivity contribution in [3.05, 3.63) is 87.9 Å². The number of hydrogen-bond acceptors (Lipinski definition) is 4. The predicted molar refractivity (Wildman–Crippen MR) is 143 cm³/mol. The van der Waals surface area contributed by atoms with Gasteiger partial charge in [-0.1, -0.05) is 55.8 Å². The van der Waals surface area contributed by atoms with Crippen molar-refractivity contribution in [1.29, 1.82) is 0 Å². The topological polar surface area (TPSA) is 84.5 Å². The van der Waals surface area contributed by atoms with E-state index in [-0.39, 0.29) is 33.0 Å². The van der Waals surface area contributed by atoms with Gasteiger partial charge in [-0.05, 0) is 68.1 Å². The number of anilines is 1. The Morgan fingerprint density at radius 2 is 1.78 bits per heavy atom. The molecule has 1 aliphatic rings. The van der Waals surface area contributed by atoms with E-state index in [2.05, 4.69) is 23.9 Å². The monoisotopic (exact) mass is 526 g/mol. The summed E-state index contributed by atoms with van der Waals surface area (Å²) < 4.78 is 35.4. The van der Waals surface area contributed by atoms with Crippen LogP contribution in [0.1, 0.15) is 66.2 Å². The second-order valence-electron chi connectivity index (χ2n) is 9.33. The molecule has 1 amide bonds. The second kappa shape index (κ2) is 10.1. The van der Waals surface area contributed by atoms with Crippen LogP contribution in [0.25, 0.3) is 0 Å². The molecule has 0 unspecified atom stereocenters. The average Bonchev–Trinajstić information content (AvgIpc) is 2.86. The summed E-state index contributed by atoms with van der Waals surface area (Å²) in [6, 6.07) is 17.2. The number of carbonyl (C=O) groups excluding carboxylic acids is 1. The number of benzene rings is 3. The molecule has 3 aromatic carbocycles. The lowest BCUT2D eigenvalue weighted by molar-refractivity contribution is 0.0227. The number of carbonyl (C=O) groups is 1. The zero-order valence-corrected chi connectivity index (χ0v) is 22.5. The molecule has 1 aliphatic heterocycles. The highest BCUT2D eigenvalue weighted by atomic mass is 35.5. The number of halogens is 1. The van der Waals surface area contributed by atoms with Gasteiger partial charge in [-0.15, -0.1) is 0 Å². The molecule has 3 aromatic rings. The molecular weight excluding hydrogens is 496 g/mol. The normalized spacial score (nSPS) is 16.5. The van der Waals surface area contributed by atoms with Crippen molar-refractivity contribution in [3.63, 3.8) is 0 Å². The fourth-order valence-corrected chi connectivity index (χ4v) is 6.22. The van der Waals surface area contributed by atoms with E-state index in [4.69, 9.17) is 16.3 Å². The van der Waals surface area contributed by atoms with Gasteiger partial charge in [-0.3, -0.25) is 9.52 Å². The Hall–Kier alpha value is -3.03. The lowest BCUT2D eigenvalue weighted by atomic mass is 9.83. The van der Waals surface area contributed by atoms with Crippen LogP contribution in [0.5, 0.6) is 5.75 Å². The van der Waals surface area contributed by atoms with Crippen LogP contribution in [-0.4, -0.2) is 19.9 Å². The minimum Gasteiger partial charge on any atom is -0.487 e. The summed E-state index contributed by atoms with van der Waals surface area (Å²) in [6.07, 6.45) is 2.23. The Morgan fingerprint density at radius 1 is 1.06 bits per heavy atom. The predicted octanol–water partition coefficient (Wildman–Crippen LogP) is 6.57. The van der Waals surface area contributed by atoms with Crippen LogP contribution in [0.2, 0.25) is 5.02 Å². The summed E-state index contributed by atoms with van der Waals surface area (Å²) in [5, 5.41) is 3.14. The van der Waals surface area contributed by atoms with Crippen LogP contribution >= 0.6 is 11.6 Å². The van der Waals surface area contributed by atoms with Crippen molar-refractivity contribution in [2.45, 2.75) is 63.5 Å². The van der Waals surface area contributed by atoms with Crippen molar-refractivity contribution in [2.24, 2.45) is 0 Å². The van der Waals surface area contributed by atoms with Gasteiger partial charge in [-0.25, -0.2) is 8.42 Å². The number of fused-ring (bicyclic) bond motifs is 1. The zero-order valence-electron chi connectivity index (χ0n) is 20.9. The number of rotatable bonds is 7. The van der Waals surface area contributed by atoms with Gasteiger partial charge in [-0.2, -0.15) is 0 Å². The summed E-state index contributed by atoms with van der Waals surface area (Å²) in [5.74, 6) is 0.382. The fourth-order valence-electron chi connectivity index (χ4n) is 4.57.